The molecule has 0 radical (unpaired) electrons. The molecule has 0 fully saturated rings. The molecule has 0 aliphatic carbocycles. The third-order valence-corrected chi connectivity index (χ3v) is 3.62. The molecule has 24 heavy (non-hydrogen) atoms. The van der Waals surface area contributed by atoms with Gasteiger partial charge in [-0.1, -0.05) is 0 Å². The lowest BCUT2D eigenvalue weighted by Crippen LogP contribution is -2.58. The second kappa shape index (κ2) is 11.1. The molecule has 7 N–H and O–H groups in total. The van der Waals surface area contributed by atoms with Crippen molar-refractivity contribution in [3.63, 3.8) is 0 Å². The zero-order valence-electron chi connectivity index (χ0n) is 12.9. The SMILES string of the molecule is CC(NC(=O)C(CS)NC(=O)C(CS)NC(=O)C(N)CO)C(=O)O. The Hall–Kier alpha value is -1.50. The molecule has 0 saturated heterocycles. The molecule has 138 valence electrons. The van der Waals surface area contributed by atoms with Crippen molar-refractivity contribution in [3.05, 3.63) is 0 Å². The minimum atomic E-state index is -1.23. The summed E-state index contributed by atoms with van der Waals surface area (Å²) < 4.78 is 0. The standard InChI is InChI=1S/C12H22N4O6S2/c1-5(12(21)22)14-10(19)7(3-23)16-11(20)8(4-24)15-9(18)6(13)2-17/h5-8,17,23-24H,2-4,13H2,1H3,(H,14,19)(H,15,18)(H,16,20)(H,21,22). The van der Waals surface area contributed by atoms with E-state index in [0.717, 1.165) is 0 Å². The first-order chi connectivity index (χ1) is 11.2. The van der Waals surface area contributed by atoms with Gasteiger partial charge in [-0.3, -0.25) is 19.2 Å². The minimum Gasteiger partial charge on any atom is -0.480 e. The molecule has 0 saturated carbocycles. The number of aliphatic carboxylic acids is 1. The van der Waals surface area contributed by atoms with Crippen LogP contribution in [0, 0.1) is 0 Å². The van der Waals surface area contributed by atoms with E-state index in [1.807, 2.05) is 0 Å². The van der Waals surface area contributed by atoms with Crippen LogP contribution in [0.15, 0.2) is 0 Å². The Morgan fingerprint density at radius 3 is 1.75 bits per heavy atom. The molecule has 0 heterocycles. The summed E-state index contributed by atoms with van der Waals surface area (Å²) >= 11 is 7.87. The Morgan fingerprint density at radius 2 is 1.38 bits per heavy atom. The molecule has 0 aliphatic rings. The number of nitrogens with one attached hydrogen (secondary N) is 3. The van der Waals surface area contributed by atoms with Gasteiger partial charge in [0.15, 0.2) is 0 Å². The molecular formula is C12H22N4O6S2. The highest BCUT2D eigenvalue weighted by atomic mass is 32.1. The second-order valence-corrected chi connectivity index (χ2v) is 5.58. The van der Waals surface area contributed by atoms with Gasteiger partial charge in [0, 0.05) is 11.5 Å². The van der Waals surface area contributed by atoms with Crippen molar-refractivity contribution >= 4 is 48.9 Å². The maximum atomic E-state index is 12.1. The van der Waals surface area contributed by atoms with Crippen molar-refractivity contribution < 1.29 is 29.4 Å². The van der Waals surface area contributed by atoms with E-state index in [4.69, 9.17) is 15.9 Å². The maximum absolute atomic E-state index is 12.1. The van der Waals surface area contributed by atoms with Gasteiger partial charge < -0.3 is 31.9 Å². The van der Waals surface area contributed by atoms with Crippen LogP contribution in [0.25, 0.3) is 0 Å². The van der Waals surface area contributed by atoms with Gasteiger partial charge >= 0.3 is 5.97 Å². The third-order valence-electron chi connectivity index (χ3n) is 2.89. The fraction of sp³-hybridized carbons (Fsp3) is 0.667. The van der Waals surface area contributed by atoms with Crippen LogP contribution >= 0.6 is 25.3 Å². The predicted molar refractivity (Wildman–Crippen MR) is 91.9 cm³/mol. The van der Waals surface area contributed by atoms with Crippen LogP contribution in [0.1, 0.15) is 6.92 Å². The van der Waals surface area contributed by atoms with E-state index in [1.54, 1.807) is 0 Å². The van der Waals surface area contributed by atoms with Gasteiger partial charge in [-0.15, -0.1) is 0 Å². The molecule has 4 atom stereocenters. The zero-order chi connectivity index (χ0) is 18.9. The number of aliphatic hydroxyl groups is 1. The lowest BCUT2D eigenvalue weighted by atomic mass is 10.2. The van der Waals surface area contributed by atoms with Gasteiger partial charge in [-0.25, -0.2) is 0 Å². The molecule has 0 aromatic rings. The van der Waals surface area contributed by atoms with E-state index in [-0.39, 0.29) is 11.5 Å². The van der Waals surface area contributed by atoms with Crippen LogP contribution in [0.4, 0.5) is 0 Å². The number of amides is 3. The summed E-state index contributed by atoms with van der Waals surface area (Å²) in [5.74, 6) is -3.61. The fourth-order valence-corrected chi connectivity index (χ4v) is 1.91. The summed E-state index contributed by atoms with van der Waals surface area (Å²) in [6.07, 6.45) is 0. The smallest absolute Gasteiger partial charge is 0.325 e. The molecule has 0 aromatic carbocycles. The molecule has 0 bridgehead atoms. The Balaban J connectivity index is 4.79. The molecule has 3 amide bonds. The average Bonchev–Trinajstić information content (AvgIpc) is 2.55. The van der Waals surface area contributed by atoms with Gasteiger partial charge in [0.25, 0.3) is 0 Å². The topological polar surface area (TPSA) is 171 Å². The number of carbonyl (C=O) groups excluding carboxylic acids is 3. The van der Waals surface area contributed by atoms with Crippen molar-refractivity contribution in [2.45, 2.75) is 31.1 Å². The number of thiol groups is 2. The van der Waals surface area contributed by atoms with Crippen LogP contribution in [0.3, 0.4) is 0 Å². The van der Waals surface area contributed by atoms with Gasteiger partial charge in [0.05, 0.1) is 6.61 Å². The number of carboxylic acids is 1. The van der Waals surface area contributed by atoms with Crippen molar-refractivity contribution in [1.29, 1.82) is 0 Å². The van der Waals surface area contributed by atoms with Gasteiger partial charge in [-0.05, 0) is 6.92 Å². The van der Waals surface area contributed by atoms with Crippen molar-refractivity contribution in [2.75, 3.05) is 18.1 Å². The molecule has 0 aliphatic heterocycles. The first-order valence-electron chi connectivity index (χ1n) is 6.89. The van der Waals surface area contributed by atoms with Gasteiger partial charge in [0.2, 0.25) is 17.7 Å². The van der Waals surface area contributed by atoms with E-state index >= 15 is 0 Å². The van der Waals surface area contributed by atoms with Crippen LogP contribution in [-0.2, 0) is 19.2 Å². The summed E-state index contributed by atoms with van der Waals surface area (Å²) in [6.45, 7) is 0.673. The molecular weight excluding hydrogens is 360 g/mol. The third kappa shape index (κ3) is 7.38. The van der Waals surface area contributed by atoms with Crippen molar-refractivity contribution in [1.82, 2.24) is 16.0 Å². The first kappa shape index (κ1) is 22.5. The number of rotatable bonds is 10. The second-order valence-electron chi connectivity index (χ2n) is 4.85. The number of aliphatic hydroxyl groups excluding tert-OH is 1. The summed E-state index contributed by atoms with van der Waals surface area (Å²) in [5, 5.41) is 24.4. The van der Waals surface area contributed by atoms with E-state index < -0.39 is 54.5 Å². The largest absolute Gasteiger partial charge is 0.480 e. The minimum absolute atomic E-state index is 0.0812. The van der Waals surface area contributed by atoms with E-state index in [2.05, 4.69) is 41.2 Å². The van der Waals surface area contributed by atoms with Crippen molar-refractivity contribution in [3.8, 4) is 0 Å². The number of carboxylic acid groups (broad SMARTS) is 1. The molecule has 4 unspecified atom stereocenters. The van der Waals surface area contributed by atoms with E-state index in [9.17, 15) is 19.2 Å². The van der Waals surface area contributed by atoms with Crippen LogP contribution < -0.4 is 21.7 Å². The quantitative estimate of drug-likeness (QED) is 0.183. The number of hydrogen-bond donors (Lipinski definition) is 8. The highest BCUT2D eigenvalue weighted by molar-refractivity contribution is 7.80. The number of nitrogens with two attached hydrogens (primary N) is 1. The normalized spacial score (nSPS) is 15.5. The van der Waals surface area contributed by atoms with Crippen molar-refractivity contribution in [2.24, 2.45) is 5.73 Å². The van der Waals surface area contributed by atoms with E-state index in [0.29, 0.717) is 0 Å². The van der Waals surface area contributed by atoms with E-state index in [1.165, 1.54) is 6.92 Å². The summed E-state index contributed by atoms with van der Waals surface area (Å²) in [5.41, 5.74) is 5.33. The maximum Gasteiger partial charge on any atom is 0.325 e. The Morgan fingerprint density at radius 1 is 0.958 bits per heavy atom. The summed E-state index contributed by atoms with van der Waals surface area (Å²) in [7, 11) is 0. The van der Waals surface area contributed by atoms with Gasteiger partial charge in [-0.2, -0.15) is 25.3 Å². The monoisotopic (exact) mass is 382 g/mol. The predicted octanol–water partition coefficient (Wildman–Crippen LogP) is -3.28. The summed E-state index contributed by atoms with van der Waals surface area (Å²) in [4.78, 5) is 46.3. The summed E-state index contributed by atoms with van der Waals surface area (Å²) in [6, 6.07) is -4.53. The molecule has 10 nitrogen and oxygen atoms in total. The average molecular weight is 382 g/mol. The molecule has 0 rings (SSSR count). The Labute approximate surface area is 149 Å². The van der Waals surface area contributed by atoms with Gasteiger partial charge in [0.1, 0.15) is 24.2 Å². The Kier molecular flexibility index (Phi) is 10.4. The van der Waals surface area contributed by atoms with Crippen LogP contribution in [0.2, 0.25) is 0 Å². The fourth-order valence-electron chi connectivity index (χ4n) is 1.40. The zero-order valence-corrected chi connectivity index (χ0v) is 14.7. The molecule has 0 aromatic heterocycles. The number of hydrogen-bond acceptors (Lipinski definition) is 8. The molecule has 0 spiro atoms. The first-order valence-corrected chi connectivity index (χ1v) is 8.16. The lowest BCUT2D eigenvalue weighted by molar-refractivity contribution is -0.141. The lowest BCUT2D eigenvalue weighted by Gasteiger charge is -2.22. The highest BCUT2D eigenvalue weighted by Gasteiger charge is 2.27. The number of carbonyl (C=O) groups is 4. The van der Waals surface area contributed by atoms with Crippen LogP contribution in [0.5, 0.6) is 0 Å². The molecule has 12 heteroatoms. The Bertz CT molecular complexity index is 478. The van der Waals surface area contributed by atoms with Crippen LogP contribution in [-0.4, -0.2) is 76.2 Å². The highest BCUT2D eigenvalue weighted by Crippen LogP contribution is 1.96.